The number of carbonyl (C=O) groups excluding carboxylic acids is 1. The van der Waals surface area contributed by atoms with E-state index in [4.69, 9.17) is 16.3 Å². The molecule has 1 aromatic heterocycles. The number of carboxylic acid groups (broad SMARTS) is 1. The molecule has 0 radical (unpaired) electrons. The van der Waals surface area contributed by atoms with Crippen LogP contribution in [0.4, 0.5) is 23.0 Å². The smallest absolute Gasteiger partial charge is 0.344 e. The van der Waals surface area contributed by atoms with Crippen molar-refractivity contribution in [2.75, 3.05) is 31.6 Å². The minimum Gasteiger partial charge on any atom is -0.477 e. The van der Waals surface area contributed by atoms with E-state index >= 15 is 0 Å². The van der Waals surface area contributed by atoms with Crippen LogP contribution in [0.15, 0.2) is 6.07 Å². The molecule has 1 saturated heterocycles. The highest BCUT2D eigenvalue weighted by Crippen LogP contribution is 2.32. The number of nitrogens with zero attached hydrogens (tertiary/aromatic N) is 2. The Balaban J connectivity index is 1.52. The van der Waals surface area contributed by atoms with Crippen LogP contribution in [-0.2, 0) is 6.61 Å². The van der Waals surface area contributed by atoms with E-state index in [1.54, 1.807) is 0 Å². The van der Waals surface area contributed by atoms with Gasteiger partial charge in [-0.15, -0.1) is 0 Å². The number of carboxylic acids is 1. The summed E-state index contributed by atoms with van der Waals surface area (Å²) < 4.78 is 50.4. The molecule has 4 N–H and O–H groups in total. The number of urea groups is 1. The number of anilines is 1. The molecule has 1 aliphatic rings. The number of amides is 2. The van der Waals surface area contributed by atoms with Crippen molar-refractivity contribution >= 4 is 40.1 Å². The van der Waals surface area contributed by atoms with Crippen LogP contribution in [0.1, 0.15) is 41.6 Å². The summed E-state index contributed by atoms with van der Waals surface area (Å²) in [6.45, 7) is 1.38. The molecule has 1 fully saturated rings. The van der Waals surface area contributed by atoms with E-state index in [0.29, 0.717) is 30.6 Å². The van der Waals surface area contributed by atoms with Gasteiger partial charge in [0.15, 0.2) is 17.2 Å². The van der Waals surface area contributed by atoms with Crippen LogP contribution in [-0.4, -0.2) is 63.8 Å². The van der Waals surface area contributed by atoms with E-state index in [1.807, 2.05) is 0 Å². The molecule has 1 atom stereocenters. The number of carbonyl (C=O) groups is 2. The van der Waals surface area contributed by atoms with E-state index in [0.717, 1.165) is 32.4 Å². The van der Waals surface area contributed by atoms with Crippen molar-refractivity contribution in [1.29, 1.82) is 0 Å². The molecule has 192 valence electrons. The lowest BCUT2D eigenvalue weighted by molar-refractivity contribution is 0.0693. The van der Waals surface area contributed by atoms with Gasteiger partial charge in [-0.25, -0.2) is 22.8 Å². The normalized spacial score (nSPS) is 15.9. The van der Waals surface area contributed by atoms with Crippen LogP contribution in [0.25, 0.3) is 0 Å². The van der Waals surface area contributed by atoms with Crippen molar-refractivity contribution in [3.05, 3.63) is 39.7 Å². The third-order valence-electron chi connectivity index (χ3n) is 5.53. The molecule has 2 amide bonds. The predicted molar refractivity (Wildman–Crippen MR) is 123 cm³/mol. The van der Waals surface area contributed by atoms with Gasteiger partial charge in [-0.2, -0.15) is 4.37 Å². The number of likely N-dealkylation sites (tertiary alicyclic amines) is 1. The first-order valence-corrected chi connectivity index (χ1v) is 12.0. The van der Waals surface area contributed by atoms with E-state index in [2.05, 4.69) is 19.9 Å². The lowest BCUT2D eigenvalue weighted by Crippen LogP contribution is -2.34. The summed E-state index contributed by atoms with van der Waals surface area (Å²) in [5.74, 6) is -6.17. The SMILES string of the molecule is O=C(NCCCCN1CCCC1CO)Nc1snc(OCc2c(F)cc(Cl)c(F)c2F)c1C(=O)O. The number of hydrogen-bond acceptors (Lipinski definition) is 7. The molecule has 2 heterocycles. The largest absolute Gasteiger partial charge is 0.477 e. The number of aromatic carboxylic acids is 1. The first kappa shape index (κ1) is 27.0. The Morgan fingerprint density at radius 1 is 1.29 bits per heavy atom. The van der Waals surface area contributed by atoms with Gasteiger partial charge >= 0.3 is 12.0 Å². The summed E-state index contributed by atoms with van der Waals surface area (Å²) >= 11 is 5.98. The number of aliphatic hydroxyl groups is 1. The van der Waals surface area contributed by atoms with E-state index in [9.17, 15) is 33.0 Å². The van der Waals surface area contributed by atoms with Crippen molar-refractivity contribution in [3.63, 3.8) is 0 Å². The Hall–Kier alpha value is -2.61. The maximum absolute atomic E-state index is 14.0. The highest BCUT2D eigenvalue weighted by Gasteiger charge is 2.26. The Morgan fingerprint density at radius 2 is 2.06 bits per heavy atom. The van der Waals surface area contributed by atoms with Crippen molar-refractivity contribution in [2.24, 2.45) is 0 Å². The zero-order valence-corrected chi connectivity index (χ0v) is 20.0. The minimum absolute atomic E-state index is 0.133. The number of halogens is 4. The van der Waals surface area contributed by atoms with Crippen molar-refractivity contribution in [2.45, 2.75) is 38.3 Å². The molecule has 14 heteroatoms. The van der Waals surface area contributed by atoms with Crippen LogP contribution < -0.4 is 15.4 Å². The molecule has 0 aliphatic carbocycles. The van der Waals surface area contributed by atoms with Crippen molar-refractivity contribution in [1.82, 2.24) is 14.6 Å². The quantitative estimate of drug-likeness (QED) is 0.195. The van der Waals surface area contributed by atoms with Gasteiger partial charge in [-0.1, -0.05) is 11.6 Å². The fourth-order valence-electron chi connectivity index (χ4n) is 3.71. The molecule has 0 bridgehead atoms. The van der Waals surface area contributed by atoms with Crippen LogP contribution in [0.2, 0.25) is 5.02 Å². The molecule has 0 saturated carbocycles. The zero-order valence-electron chi connectivity index (χ0n) is 18.5. The fraction of sp³-hybridized carbons (Fsp3) is 0.476. The van der Waals surface area contributed by atoms with Gasteiger partial charge in [0.05, 0.1) is 17.2 Å². The first-order chi connectivity index (χ1) is 16.7. The van der Waals surface area contributed by atoms with Crippen molar-refractivity contribution in [3.8, 4) is 5.88 Å². The summed E-state index contributed by atoms with van der Waals surface area (Å²) in [6.07, 6.45) is 3.52. The highest BCUT2D eigenvalue weighted by molar-refractivity contribution is 7.11. The lowest BCUT2D eigenvalue weighted by atomic mass is 10.2. The van der Waals surface area contributed by atoms with E-state index in [1.165, 1.54) is 0 Å². The fourth-order valence-corrected chi connectivity index (χ4v) is 4.61. The number of aromatic nitrogens is 1. The number of ether oxygens (including phenoxy) is 1. The summed E-state index contributed by atoms with van der Waals surface area (Å²) in [6, 6.07) is 0.106. The molecule has 9 nitrogen and oxygen atoms in total. The second-order valence-corrected chi connectivity index (χ2v) is 9.02. The number of benzene rings is 1. The summed E-state index contributed by atoms with van der Waals surface area (Å²) in [5, 5.41) is 22.9. The van der Waals surface area contributed by atoms with Gasteiger partial charge in [0.25, 0.3) is 0 Å². The Bertz CT molecular complexity index is 1070. The highest BCUT2D eigenvalue weighted by atomic mass is 35.5. The van der Waals surface area contributed by atoms with Gasteiger partial charge < -0.3 is 20.3 Å². The first-order valence-electron chi connectivity index (χ1n) is 10.8. The number of nitrogens with one attached hydrogen (secondary N) is 2. The molecule has 0 spiro atoms. The molecule has 1 aliphatic heterocycles. The summed E-state index contributed by atoms with van der Waals surface area (Å²) in [5.41, 5.74) is -1.30. The Morgan fingerprint density at radius 3 is 2.77 bits per heavy atom. The standard InChI is InChI=1S/C21H24ClF3N4O5S/c22-13-8-14(23)12(16(24)17(13)25)10-34-18-15(20(31)32)19(35-28-18)27-21(33)26-5-1-2-6-29-7-3-4-11(29)9-30/h8,11,30H,1-7,9-10H2,(H,31,32)(H2,26,27,33). The molecule has 35 heavy (non-hydrogen) atoms. The number of rotatable bonds is 11. The van der Waals surface area contributed by atoms with E-state index in [-0.39, 0.29) is 17.6 Å². The maximum atomic E-state index is 14.0. The number of aliphatic hydroxyl groups excluding tert-OH is 1. The zero-order chi connectivity index (χ0) is 25.5. The van der Waals surface area contributed by atoms with Gasteiger partial charge in [0.2, 0.25) is 5.88 Å². The van der Waals surface area contributed by atoms with Gasteiger partial charge in [-0.3, -0.25) is 10.2 Å². The van der Waals surface area contributed by atoms with Crippen LogP contribution in [0, 0.1) is 17.5 Å². The third-order valence-corrected chi connectivity index (χ3v) is 6.55. The average Bonchev–Trinajstić information content (AvgIpc) is 3.43. The van der Waals surface area contributed by atoms with Gasteiger partial charge in [0, 0.05) is 12.6 Å². The van der Waals surface area contributed by atoms with Gasteiger partial charge in [0.1, 0.15) is 17.4 Å². The van der Waals surface area contributed by atoms with Crippen LogP contribution >= 0.6 is 23.1 Å². The maximum Gasteiger partial charge on any atom is 0.344 e. The molecule has 1 unspecified atom stereocenters. The second-order valence-electron chi connectivity index (χ2n) is 7.84. The van der Waals surface area contributed by atoms with Crippen LogP contribution in [0.5, 0.6) is 5.88 Å². The number of hydrogen-bond donors (Lipinski definition) is 4. The average molecular weight is 537 g/mol. The molecular formula is C21H24ClF3N4O5S. The monoisotopic (exact) mass is 536 g/mol. The summed E-state index contributed by atoms with van der Waals surface area (Å²) in [4.78, 5) is 26.1. The lowest BCUT2D eigenvalue weighted by Gasteiger charge is -2.22. The number of unbranched alkanes of at least 4 members (excludes halogenated alkanes) is 1. The Kier molecular flexibility index (Phi) is 9.55. The molecular weight excluding hydrogens is 513 g/mol. The van der Waals surface area contributed by atoms with E-state index < -0.39 is 58.1 Å². The second kappa shape index (κ2) is 12.4. The third kappa shape index (κ3) is 6.75. The molecule has 3 rings (SSSR count). The minimum atomic E-state index is -1.56. The topological polar surface area (TPSA) is 124 Å². The van der Waals surface area contributed by atoms with Crippen molar-refractivity contribution < 1.29 is 37.7 Å². The van der Waals surface area contributed by atoms with Gasteiger partial charge in [-0.05, 0) is 56.4 Å². The molecule has 1 aromatic carbocycles. The van der Waals surface area contributed by atoms with Crippen LogP contribution in [0.3, 0.4) is 0 Å². The molecule has 2 aromatic rings. The predicted octanol–water partition coefficient (Wildman–Crippen LogP) is 3.85. The summed E-state index contributed by atoms with van der Waals surface area (Å²) in [7, 11) is 0. The Labute approximate surface area is 208 Å².